The summed E-state index contributed by atoms with van der Waals surface area (Å²) in [6.07, 6.45) is 1.36. The highest BCUT2D eigenvalue weighted by atomic mass is 16.4. The summed E-state index contributed by atoms with van der Waals surface area (Å²) in [5.41, 5.74) is 0.180. The molecule has 0 bridgehead atoms. The molecule has 0 fully saturated rings. The van der Waals surface area contributed by atoms with Gasteiger partial charge in [0.25, 0.3) is 11.8 Å². The van der Waals surface area contributed by atoms with Gasteiger partial charge in [0.05, 0.1) is 0 Å². The second-order valence-corrected chi connectivity index (χ2v) is 3.04. The second kappa shape index (κ2) is 5.45. The number of benzene rings is 1. The molecule has 0 aliphatic rings. The Bertz CT molecular complexity index is 475. The topological polar surface area (TPSA) is 104 Å². The number of aliphatic carboxylic acids is 1. The van der Waals surface area contributed by atoms with E-state index in [2.05, 4.69) is 0 Å². The quantitative estimate of drug-likeness (QED) is 0.653. The highest BCUT2D eigenvalue weighted by Gasteiger charge is 2.08. The molecule has 0 saturated carbocycles. The van der Waals surface area contributed by atoms with Crippen LogP contribution in [0.4, 0.5) is 0 Å². The van der Waals surface area contributed by atoms with Crippen molar-refractivity contribution in [1.29, 1.82) is 0 Å². The van der Waals surface area contributed by atoms with E-state index in [1.54, 1.807) is 0 Å². The van der Waals surface area contributed by atoms with Crippen molar-refractivity contribution in [1.82, 2.24) is 5.32 Å². The van der Waals surface area contributed by atoms with Gasteiger partial charge < -0.3 is 10.2 Å². The summed E-state index contributed by atoms with van der Waals surface area (Å²) in [7, 11) is 0. The summed E-state index contributed by atoms with van der Waals surface area (Å²) < 4.78 is 0. The number of carboxylic acid groups (broad SMARTS) is 1. The number of phenolic OH excluding ortho intramolecular Hbond substituents is 1. The van der Waals surface area contributed by atoms with Gasteiger partial charge in [-0.1, -0.05) is 0 Å². The number of imide groups is 1. The second-order valence-electron chi connectivity index (χ2n) is 3.04. The maximum atomic E-state index is 11.4. The van der Waals surface area contributed by atoms with Gasteiger partial charge in [0.2, 0.25) is 0 Å². The van der Waals surface area contributed by atoms with Crippen molar-refractivity contribution in [2.75, 3.05) is 0 Å². The number of rotatable bonds is 3. The molecule has 0 atom stereocenters. The van der Waals surface area contributed by atoms with E-state index in [1.165, 1.54) is 24.3 Å². The summed E-state index contributed by atoms with van der Waals surface area (Å²) in [4.78, 5) is 32.6. The van der Waals surface area contributed by atoms with Crippen LogP contribution in [0.25, 0.3) is 0 Å². The Balaban J connectivity index is 2.63. The van der Waals surface area contributed by atoms with Crippen molar-refractivity contribution in [2.24, 2.45) is 0 Å². The number of carbonyl (C=O) groups is 3. The van der Waals surface area contributed by atoms with Gasteiger partial charge in [-0.2, -0.15) is 0 Å². The fourth-order valence-corrected chi connectivity index (χ4v) is 0.986. The average Bonchev–Trinajstić information content (AvgIpc) is 2.27. The minimum Gasteiger partial charge on any atom is -0.508 e. The summed E-state index contributed by atoms with van der Waals surface area (Å²) in [5.74, 6) is -2.79. The molecule has 0 saturated heterocycles. The Morgan fingerprint density at radius 2 is 1.65 bits per heavy atom. The average molecular weight is 235 g/mol. The van der Waals surface area contributed by atoms with E-state index < -0.39 is 17.8 Å². The van der Waals surface area contributed by atoms with Gasteiger partial charge >= 0.3 is 5.97 Å². The molecular formula is C11H9NO5. The normalized spacial score (nSPS) is 10.1. The number of hydrogen-bond donors (Lipinski definition) is 3. The summed E-state index contributed by atoms with van der Waals surface area (Å²) in [6, 6.07) is 5.26. The monoisotopic (exact) mass is 235 g/mol. The molecular weight excluding hydrogens is 226 g/mol. The Labute approximate surface area is 96.2 Å². The van der Waals surface area contributed by atoms with Crippen LogP contribution in [0.15, 0.2) is 36.4 Å². The van der Waals surface area contributed by atoms with Crippen molar-refractivity contribution in [3.05, 3.63) is 42.0 Å². The van der Waals surface area contributed by atoms with Crippen LogP contribution >= 0.6 is 0 Å². The van der Waals surface area contributed by atoms with E-state index in [4.69, 9.17) is 10.2 Å². The lowest BCUT2D eigenvalue weighted by Crippen LogP contribution is -2.28. The van der Waals surface area contributed by atoms with E-state index in [0.29, 0.717) is 6.08 Å². The van der Waals surface area contributed by atoms with Gasteiger partial charge in [-0.15, -0.1) is 0 Å². The van der Waals surface area contributed by atoms with Gasteiger partial charge in [0, 0.05) is 17.7 Å². The smallest absolute Gasteiger partial charge is 0.328 e. The van der Waals surface area contributed by atoms with Crippen LogP contribution in [0.3, 0.4) is 0 Å². The molecule has 17 heavy (non-hydrogen) atoms. The van der Waals surface area contributed by atoms with E-state index >= 15 is 0 Å². The van der Waals surface area contributed by atoms with Gasteiger partial charge in [-0.25, -0.2) is 4.79 Å². The molecule has 1 aromatic rings. The van der Waals surface area contributed by atoms with E-state index in [9.17, 15) is 14.4 Å². The maximum Gasteiger partial charge on any atom is 0.328 e. The van der Waals surface area contributed by atoms with E-state index in [1.807, 2.05) is 5.32 Å². The molecule has 0 radical (unpaired) electrons. The SMILES string of the molecule is O=C(O)C=CC(=O)NC(=O)c1ccc(O)cc1. The van der Waals surface area contributed by atoms with Crippen molar-refractivity contribution in [2.45, 2.75) is 0 Å². The fourth-order valence-electron chi connectivity index (χ4n) is 0.986. The molecule has 6 heteroatoms. The highest BCUT2D eigenvalue weighted by Crippen LogP contribution is 2.09. The molecule has 0 spiro atoms. The van der Waals surface area contributed by atoms with Crippen LogP contribution < -0.4 is 5.32 Å². The third kappa shape index (κ3) is 4.17. The van der Waals surface area contributed by atoms with Crippen molar-refractivity contribution < 1.29 is 24.6 Å². The van der Waals surface area contributed by atoms with Crippen LogP contribution in [0, 0.1) is 0 Å². The number of carboxylic acids is 1. The third-order valence-electron chi connectivity index (χ3n) is 1.74. The largest absolute Gasteiger partial charge is 0.508 e. The number of hydrogen-bond acceptors (Lipinski definition) is 4. The Morgan fingerprint density at radius 3 is 2.18 bits per heavy atom. The summed E-state index contributed by atoms with van der Waals surface area (Å²) in [6.45, 7) is 0. The van der Waals surface area contributed by atoms with Crippen molar-refractivity contribution in [3.63, 3.8) is 0 Å². The lowest BCUT2D eigenvalue weighted by molar-refractivity contribution is -0.131. The molecule has 6 nitrogen and oxygen atoms in total. The zero-order valence-corrected chi connectivity index (χ0v) is 8.58. The standard InChI is InChI=1S/C11H9NO5/c13-8-3-1-7(2-4-8)11(17)12-9(14)5-6-10(15)16/h1-6,13H,(H,15,16)(H,12,14,17). The molecule has 0 aliphatic heterocycles. The predicted octanol–water partition coefficient (Wildman–Crippen LogP) is 0.289. The Hall–Kier alpha value is -2.63. The lowest BCUT2D eigenvalue weighted by Gasteiger charge is -2.00. The predicted molar refractivity (Wildman–Crippen MR) is 57.4 cm³/mol. The minimum absolute atomic E-state index is 0.00125. The van der Waals surface area contributed by atoms with E-state index in [-0.39, 0.29) is 11.3 Å². The van der Waals surface area contributed by atoms with Crippen molar-refractivity contribution in [3.8, 4) is 5.75 Å². The zero-order chi connectivity index (χ0) is 12.8. The number of aromatic hydroxyl groups is 1. The zero-order valence-electron chi connectivity index (χ0n) is 8.58. The van der Waals surface area contributed by atoms with Crippen LogP contribution in [-0.2, 0) is 9.59 Å². The third-order valence-corrected chi connectivity index (χ3v) is 1.74. The van der Waals surface area contributed by atoms with E-state index in [0.717, 1.165) is 6.08 Å². The van der Waals surface area contributed by atoms with Gasteiger partial charge in [0.15, 0.2) is 0 Å². The number of amides is 2. The molecule has 1 rings (SSSR count). The Kier molecular flexibility index (Phi) is 3.99. The molecule has 1 aromatic carbocycles. The van der Waals surface area contributed by atoms with Crippen molar-refractivity contribution >= 4 is 17.8 Å². The van der Waals surface area contributed by atoms with Gasteiger partial charge in [0.1, 0.15) is 5.75 Å². The first-order valence-electron chi connectivity index (χ1n) is 4.54. The van der Waals surface area contributed by atoms with Crippen LogP contribution in [0.5, 0.6) is 5.75 Å². The number of phenols is 1. The highest BCUT2D eigenvalue weighted by molar-refractivity contribution is 6.09. The summed E-state index contributed by atoms with van der Waals surface area (Å²) >= 11 is 0. The summed E-state index contributed by atoms with van der Waals surface area (Å²) in [5, 5.41) is 19.2. The molecule has 0 aliphatic carbocycles. The molecule has 0 aromatic heterocycles. The molecule has 88 valence electrons. The lowest BCUT2D eigenvalue weighted by atomic mass is 10.2. The van der Waals surface area contributed by atoms with Crippen LogP contribution in [0.1, 0.15) is 10.4 Å². The van der Waals surface area contributed by atoms with Gasteiger partial charge in [-0.3, -0.25) is 14.9 Å². The van der Waals surface area contributed by atoms with Gasteiger partial charge in [-0.05, 0) is 24.3 Å². The molecule has 0 heterocycles. The first-order valence-corrected chi connectivity index (χ1v) is 4.54. The van der Waals surface area contributed by atoms with Crippen LogP contribution in [0.2, 0.25) is 0 Å². The van der Waals surface area contributed by atoms with Crippen LogP contribution in [-0.4, -0.2) is 28.0 Å². The number of carbonyl (C=O) groups excluding carboxylic acids is 2. The first-order chi connectivity index (χ1) is 7.99. The fraction of sp³-hybridized carbons (Fsp3) is 0. The molecule has 3 N–H and O–H groups in total. The number of nitrogens with one attached hydrogen (secondary N) is 1. The molecule has 0 unspecified atom stereocenters. The minimum atomic E-state index is -1.28. The first kappa shape index (κ1) is 12.4. The molecule has 2 amide bonds. The Morgan fingerprint density at radius 1 is 1.06 bits per heavy atom. The maximum absolute atomic E-state index is 11.4.